The van der Waals surface area contributed by atoms with E-state index in [0.717, 1.165) is 57.0 Å². The number of methoxy groups -OCH3 is 1. The van der Waals surface area contributed by atoms with Gasteiger partial charge in [-0.25, -0.2) is 9.97 Å². The van der Waals surface area contributed by atoms with Gasteiger partial charge in [0.15, 0.2) is 0 Å². The standard InChI is InChI=1S/C25H30N4OS/c1-30-20-10-8-19-9-11-22-25(21(19)18-20)27-24(31-22)7-3-5-13-28-14-16-29(17-15-28)23-6-2-4-12-26-23/h2,4,6,8,10,12,18H,3,5,7,9,11,13-17H2,1H3. The number of nitrogens with zero attached hydrogens (tertiary/aromatic N) is 4. The summed E-state index contributed by atoms with van der Waals surface area (Å²) in [7, 11) is 1.73. The molecule has 0 N–H and O–H groups in total. The van der Waals surface area contributed by atoms with E-state index in [0.29, 0.717) is 0 Å². The van der Waals surface area contributed by atoms with Gasteiger partial charge in [-0.1, -0.05) is 12.1 Å². The number of fused-ring (bicyclic) bond motifs is 3. The van der Waals surface area contributed by atoms with Crippen molar-refractivity contribution in [2.24, 2.45) is 0 Å². The van der Waals surface area contributed by atoms with E-state index < -0.39 is 0 Å². The largest absolute Gasteiger partial charge is 0.497 e. The van der Waals surface area contributed by atoms with Crippen molar-refractivity contribution in [2.75, 3.05) is 44.7 Å². The Morgan fingerprint density at radius 2 is 1.94 bits per heavy atom. The molecule has 3 heterocycles. The van der Waals surface area contributed by atoms with Gasteiger partial charge in [0.2, 0.25) is 0 Å². The lowest BCUT2D eigenvalue weighted by Gasteiger charge is -2.35. The minimum absolute atomic E-state index is 0.921. The van der Waals surface area contributed by atoms with Crippen molar-refractivity contribution >= 4 is 17.2 Å². The number of anilines is 1. The van der Waals surface area contributed by atoms with Crippen LogP contribution in [-0.2, 0) is 19.3 Å². The Balaban J connectivity index is 1.10. The summed E-state index contributed by atoms with van der Waals surface area (Å²) in [5.41, 5.74) is 3.87. The molecule has 2 aromatic heterocycles. The molecule has 2 aliphatic rings. The Hall–Kier alpha value is -2.44. The Bertz CT molecular complexity index is 1010. The number of hydrogen-bond acceptors (Lipinski definition) is 6. The van der Waals surface area contributed by atoms with Crippen molar-refractivity contribution in [3.8, 4) is 17.0 Å². The minimum Gasteiger partial charge on any atom is -0.497 e. The molecule has 0 amide bonds. The number of benzene rings is 1. The number of ether oxygens (including phenoxy) is 1. The zero-order valence-electron chi connectivity index (χ0n) is 18.2. The number of aryl methyl sites for hydroxylation is 3. The van der Waals surface area contributed by atoms with Crippen LogP contribution in [0.1, 0.15) is 28.3 Å². The van der Waals surface area contributed by atoms with E-state index in [1.54, 1.807) is 7.11 Å². The first kappa shape index (κ1) is 20.5. The van der Waals surface area contributed by atoms with Gasteiger partial charge in [-0.15, -0.1) is 11.3 Å². The third-order valence-corrected chi connectivity index (χ3v) is 7.57. The molecule has 1 saturated heterocycles. The second-order valence-corrected chi connectivity index (χ2v) is 9.54. The Kier molecular flexibility index (Phi) is 6.18. The highest BCUT2D eigenvalue weighted by atomic mass is 32.1. The summed E-state index contributed by atoms with van der Waals surface area (Å²) in [5, 5.41) is 1.29. The molecule has 0 atom stereocenters. The summed E-state index contributed by atoms with van der Waals surface area (Å²) in [4.78, 5) is 15.9. The lowest BCUT2D eigenvalue weighted by molar-refractivity contribution is 0.252. The number of rotatable bonds is 7. The smallest absolute Gasteiger partial charge is 0.128 e. The average molecular weight is 435 g/mol. The molecule has 5 nitrogen and oxygen atoms in total. The first-order chi connectivity index (χ1) is 15.3. The van der Waals surface area contributed by atoms with E-state index in [9.17, 15) is 0 Å². The van der Waals surface area contributed by atoms with Crippen molar-refractivity contribution in [1.82, 2.24) is 14.9 Å². The summed E-state index contributed by atoms with van der Waals surface area (Å²) in [6, 6.07) is 12.6. The van der Waals surface area contributed by atoms with E-state index >= 15 is 0 Å². The highest BCUT2D eigenvalue weighted by Gasteiger charge is 2.22. The Morgan fingerprint density at radius 3 is 2.74 bits per heavy atom. The SMILES string of the molecule is COc1ccc2c(c1)-c1nc(CCCCN3CCN(c4ccccn4)CC3)sc1CC2. The molecule has 1 aliphatic heterocycles. The van der Waals surface area contributed by atoms with Crippen LogP contribution < -0.4 is 9.64 Å². The first-order valence-electron chi connectivity index (χ1n) is 11.3. The highest BCUT2D eigenvalue weighted by Crippen LogP contribution is 2.38. The molecular formula is C25H30N4OS. The predicted octanol–water partition coefficient (Wildman–Crippen LogP) is 4.46. The maximum Gasteiger partial charge on any atom is 0.128 e. The van der Waals surface area contributed by atoms with Crippen LogP contribution in [0.3, 0.4) is 0 Å². The normalized spacial score (nSPS) is 16.1. The quantitative estimate of drug-likeness (QED) is 0.514. The van der Waals surface area contributed by atoms with Crippen molar-refractivity contribution in [3.63, 3.8) is 0 Å². The van der Waals surface area contributed by atoms with Crippen LogP contribution in [0.2, 0.25) is 0 Å². The molecule has 31 heavy (non-hydrogen) atoms. The highest BCUT2D eigenvalue weighted by molar-refractivity contribution is 7.12. The number of thiazole rings is 1. The number of piperazine rings is 1. The minimum atomic E-state index is 0.921. The van der Waals surface area contributed by atoms with Crippen LogP contribution in [-0.4, -0.2) is 54.7 Å². The number of aromatic nitrogens is 2. The van der Waals surface area contributed by atoms with Crippen molar-refractivity contribution in [3.05, 3.63) is 58.0 Å². The molecule has 1 aliphatic carbocycles. The summed E-state index contributed by atoms with van der Waals surface area (Å²) >= 11 is 1.92. The van der Waals surface area contributed by atoms with Gasteiger partial charge in [0.1, 0.15) is 11.6 Å². The van der Waals surface area contributed by atoms with Gasteiger partial charge in [0.05, 0.1) is 17.8 Å². The fourth-order valence-electron chi connectivity index (χ4n) is 4.61. The fourth-order valence-corrected chi connectivity index (χ4v) is 5.73. The number of pyridine rings is 1. The molecule has 3 aromatic rings. The molecule has 162 valence electrons. The van der Waals surface area contributed by atoms with Gasteiger partial charge in [0.25, 0.3) is 0 Å². The monoisotopic (exact) mass is 434 g/mol. The van der Waals surface area contributed by atoms with Crippen LogP contribution in [0, 0.1) is 0 Å². The summed E-state index contributed by atoms with van der Waals surface area (Å²) < 4.78 is 5.44. The molecule has 1 aromatic carbocycles. The van der Waals surface area contributed by atoms with Crippen molar-refractivity contribution in [1.29, 1.82) is 0 Å². The van der Waals surface area contributed by atoms with Crippen LogP contribution in [0.15, 0.2) is 42.6 Å². The predicted molar refractivity (Wildman–Crippen MR) is 127 cm³/mol. The maximum atomic E-state index is 5.44. The molecule has 6 heteroatoms. The van der Waals surface area contributed by atoms with Gasteiger partial charge in [-0.2, -0.15) is 0 Å². The summed E-state index contributed by atoms with van der Waals surface area (Å²) in [6.07, 6.45) is 7.64. The van der Waals surface area contributed by atoms with Gasteiger partial charge < -0.3 is 9.64 Å². The number of unbranched alkanes of at least 4 members (excludes halogenated alkanes) is 1. The summed E-state index contributed by atoms with van der Waals surface area (Å²) in [5.74, 6) is 2.03. The van der Waals surface area contributed by atoms with Crippen molar-refractivity contribution in [2.45, 2.75) is 32.1 Å². The molecule has 0 unspecified atom stereocenters. The maximum absolute atomic E-state index is 5.44. The molecular weight excluding hydrogens is 404 g/mol. The van der Waals surface area contributed by atoms with E-state index in [-0.39, 0.29) is 0 Å². The molecule has 0 bridgehead atoms. The van der Waals surface area contributed by atoms with Gasteiger partial charge in [0, 0.05) is 42.8 Å². The Labute approximate surface area is 188 Å². The molecule has 0 spiro atoms. The zero-order chi connectivity index (χ0) is 21.0. The van der Waals surface area contributed by atoms with Gasteiger partial charge in [-0.05, 0) is 68.5 Å². The molecule has 0 saturated carbocycles. The molecule has 5 rings (SSSR count). The first-order valence-corrected chi connectivity index (χ1v) is 12.2. The van der Waals surface area contributed by atoms with Gasteiger partial charge >= 0.3 is 0 Å². The molecule has 0 radical (unpaired) electrons. The molecule has 1 fully saturated rings. The van der Waals surface area contributed by atoms with Crippen LogP contribution in [0.4, 0.5) is 5.82 Å². The van der Waals surface area contributed by atoms with E-state index in [1.807, 2.05) is 23.6 Å². The summed E-state index contributed by atoms with van der Waals surface area (Å²) in [6.45, 7) is 5.57. The van der Waals surface area contributed by atoms with Crippen LogP contribution >= 0.6 is 11.3 Å². The fraction of sp³-hybridized carbons (Fsp3) is 0.440. The zero-order valence-corrected chi connectivity index (χ0v) is 19.0. The third kappa shape index (κ3) is 4.60. The van der Waals surface area contributed by atoms with E-state index in [1.165, 1.54) is 46.1 Å². The Morgan fingerprint density at radius 1 is 1.03 bits per heavy atom. The third-order valence-electron chi connectivity index (χ3n) is 6.40. The second kappa shape index (κ2) is 9.37. The van der Waals surface area contributed by atoms with E-state index in [4.69, 9.17) is 9.72 Å². The topological polar surface area (TPSA) is 41.5 Å². The lowest BCUT2D eigenvalue weighted by Crippen LogP contribution is -2.46. The van der Waals surface area contributed by atoms with E-state index in [2.05, 4.69) is 45.1 Å². The van der Waals surface area contributed by atoms with Crippen LogP contribution in [0.5, 0.6) is 5.75 Å². The van der Waals surface area contributed by atoms with Gasteiger partial charge in [-0.3, -0.25) is 4.90 Å². The lowest BCUT2D eigenvalue weighted by atomic mass is 9.93. The average Bonchev–Trinajstić information content (AvgIpc) is 3.26. The second-order valence-electron chi connectivity index (χ2n) is 8.38. The van der Waals surface area contributed by atoms with Crippen LogP contribution in [0.25, 0.3) is 11.3 Å². The van der Waals surface area contributed by atoms with Crippen molar-refractivity contribution < 1.29 is 4.74 Å². The number of hydrogen-bond donors (Lipinski definition) is 0.